The molecule has 0 rings (SSSR count). The lowest BCUT2D eigenvalue weighted by Gasteiger charge is -2.28. The van der Waals surface area contributed by atoms with Crippen LogP contribution < -0.4 is 0 Å². The van der Waals surface area contributed by atoms with E-state index in [4.69, 9.17) is 16.7 Å². The monoisotopic (exact) mass is 230 g/mol. The molecule has 2 unspecified atom stereocenters. The van der Waals surface area contributed by atoms with Gasteiger partial charge in [0, 0.05) is 0 Å². The molecule has 14 heavy (non-hydrogen) atoms. The van der Waals surface area contributed by atoms with Gasteiger partial charge in [-0.15, -0.1) is 6.42 Å². The molecule has 0 radical (unpaired) electrons. The molecule has 0 aromatic heterocycles. The van der Waals surface area contributed by atoms with Crippen molar-refractivity contribution in [3.05, 3.63) is 0 Å². The van der Waals surface area contributed by atoms with Crippen molar-refractivity contribution < 1.29 is 27.8 Å². The van der Waals surface area contributed by atoms with Gasteiger partial charge in [-0.2, -0.15) is 13.2 Å². The van der Waals surface area contributed by atoms with Crippen molar-refractivity contribution in [3.8, 4) is 12.3 Å². The fraction of sp³-hybridized carbons (Fsp3) is 0.571. The van der Waals surface area contributed by atoms with E-state index in [1.807, 2.05) is 0 Å². The predicted molar refractivity (Wildman–Crippen MR) is 41.7 cm³/mol. The van der Waals surface area contributed by atoms with E-state index in [9.17, 15) is 18.0 Å². The van der Waals surface area contributed by atoms with Gasteiger partial charge < -0.3 is 9.84 Å². The van der Waals surface area contributed by atoms with Gasteiger partial charge in [-0.05, 0) is 6.92 Å². The topological polar surface area (TPSA) is 46.5 Å². The molecule has 0 aliphatic heterocycles. The number of alkyl halides is 4. The van der Waals surface area contributed by atoms with Crippen LogP contribution in [0.3, 0.4) is 0 Å². The Labute approximate surface area is 82.8 Å². The van der Waals surface area contributed by atoms with Crippen LogP contribution in [0.2, 0.25) is 0 Å². The van der Waals surface area contributed by atoms with E-state index in [1.165, 1.54) is 5.92 Å². The summed E-state index contributed by atoms with van der Waals surface area (Å²) in [6.07, 6.45) is -2.15. The summed E-state index contributed by atoms with van der Waals surface area (Å²) >= 11 is 5.22. The molecule has 0 fully saturated rings. The summed E-state index contributed by atoms with van der Waals surface area (Å²) < 4.78 is 40.3. The number of hydrogen-bond donors (Lipinski definition) is 1. The minimum Gasteiger partial charge on any atom is -0.450 e. The van der Waals surface area contributed by atoms with Gasteiger partial charge in [0.05, 0.1) is 0 Å². The van der Waals surface area contributed by atoms with E-state index in [2.05, 4.69) is 11.2 Å². The molecular weight excluding hydrogens is 225 g/mol. The standard InChI is InChI=1S/C7H6ClF3O3/c1-3-4(7(9,10)11)6(2,8)14-5(12)13/h1,4H,2H3,(H,12,13). The Morgan fingerprint density at radius 1 is 1.64 bits per heavy atom. The lowest BCUT2D eigenvalue weighted by atomic mass is 10.0. The molecule has 0 saturated heterocycles. The van der Waals surface area contributed by atoms with Crippen molar-refractivity contribution in [1.29, 1.82) is 0 Å². The van der Waals surface area contributed by atoms with Crippen LogP contribution in [0.5, 0.6) is 0 Å². The third kappa shape index (κ3) is 3.34. The third-order valence-electron chi connectivity index (χ3n) is 1.30. The highest BCUT2D eigenvalue weighted by molar-refractivity contribution is 6.23. The van der Waals surface area contributed by atoms with Gasteiger partial charge in [0.25, 0.3) is 0 Å². The molecule has 0 amide bonds. The average molecular weight is 231 g/mol. The van der Waals surface area contributed by atoms with Gasteiger partial charge in [0.15, 0.2) is 5.92 Å². The van der Waals surface area contributed by atoms with Crippen molar-refractivity contribution in [2.24, 2.45) is 5.92 Å². The van der Waals surface area contributed by atoms with Crippen LogP contribution in [0.4, 0.5) is 18.0 Å². The van der Waals surface area contributed by atoms with Crippen molar-refractivity contribution in [1.82, 2.24) is 0 Å². The summed E-state index contributed by atoms with van der Waals surface area (Å²) in [6.45, 7) is 0.737. The quantitative estimate of drug-likeness (QED) is 0.450. The molecule has 7 heteroatoms. The van der Waals surface area contributed by atoms with Gasteiger partial charge in [0.1, 0.15) is 0 Å². The second kappa shape index (κ2) is 3.96. The first kappa shape index (κ1) is 12.9. The zero-order chi connectivity index (χ0) is 11.6. The second-order valence-corrected chi connectivity index (χ2v) is 3.25. The maximum absolute atomic E-state index is 12.2. The van der Waals surface area contributed by atoms with Crippen LogP contribution in [-0.4, -0.2) is 22.5 Å². The molecule has 1 N–H and O–H groups in total. The first-order valence-corrected chi connectivity index (χ1v) is 3.62. The van der Waals surface area contributed by atoms with E-state index >= 15 is 0 Å². The van der Waals surface area contributed by atoms with Gasteiger partial charge in [0.2, 0.25) is 5.06 Å². The Kier molecular flexibility index (Phi) is 3.66. The SMILES string of the molecule is C#CC(C(F)(F)F)C(C)(Cl)OC(=O)O. The molecule has 2 atom stereocenters. The molecule has 0 aromatic carbocycles. The van der Waals surface area contributed by atoms with Gasteiger partial charge in [-0.1, -0.05) is 17.5 Å². The average Bonchev–Trinajstić information content (AvgIpc) is 1.79. The molecular formula is C7H6ClF3O3. The van der Waals surface area contributed by atoms with E-state index in [1.54, 1.807) is 0 Å². The van der Waals surface area contributed by atoms with Crippen LogP contribution in [0.1, 0.15) is 6.92 Å². The van der Waals surface area contributed by atoms with Crippen LogP contribution in [0.25, 0.3) is 0 Å². The number of halogens is 4. The summed E-state index contributed by atoms with van der Waals surface area (Å²) in [4.78, 5) is 10.0. The molecule has 0 aliphatic rings. The van der Waals surface area contributed by atoms with E-state index < -0.39 is 23.3 Å². The van der Waals surface area contributed by atoms with Gasteiger partial charge in [-0.25, -0.2) is 4.79 Å². The molecule has 0 saturated carbocycles. The van der Waals surface area contributed by atoms with E-state index in [0.717, 1.165) is 6.92 Å². The molecule has 0 aliphatic carbocycles. The first-order chi connectivity index (χ1) is 6.11. The van der Waals surface area contributed by atoms with Crippen molar-refractivity contribution >= 4 is 17.8 Å². The number of ether oxygens (including phenoxy) is 1. The van der Waals surface area contributed by atoms with Gasteiger partial charge in [-0.3, -0.25) is 0 Å². The minimum absolute atomic E-state index is 0.737. The summed E-state index contributed by atoms with van der Waals surface area (Å²) in [7, 11) is 0. The Morgan fingerprint density at radius 3 is 2.29 bits per heavy atom. The Hall–Kier alpha value is -1.09. The molecule has 0 spiro atoms. The van der Waals surface area contributed by atoms with E-state index in [0.29, 0.717) is 0 Å². The molecule has 80 valence electrons. The van der Waals surface area contributed by atoms with Crippen LogP contribution in [0, 0.1) is 18.3 Å². The highest BCUT2D eigenvalue weighted by Gasteiger charge is 2.52. The van der Waals surface area contributed by atoms with Crippen molar-refractivity contribution in [3.63, 3.8) is 0 Å². The largest absolute Gasteiger partial charge is 0.507 e. The fourth-order valence-corrected chi connectivity index (χ4v) is 1.02. The number of carbonyl (C=O) groups is 1. The van der Waals surface area contributed by atoms with E-state index in [-0.39, 0.29) is 0 Å². The number of hydrogen-bond acceptors (Lipinski definition) is 2. The van der Waals surface area contributed by atoms with Crippen molar-refractivity contribution in [2.75, 3.05) is 0 Å². The normalized spacial score (nSPS) is 17.7. The predicted octanol–water partition coefficient (Wildman–Crippen LogP) is 2.45. The summed E-state index contributed by atoms with van der Waals surface area (Å²) in [6, 6.07) is 0. The number of terminal acetylenes is 1. The third-order valence-corrected chi connectivity index (χ3v) is 1.59. The van der Waals surface area contributed by atoms with Crippen LogP contribution in [-0.2, 0) is 4.74 Å². The maximum Gasteiger partial charge on any atom is 0.507 e. The lowest BCUT2D eigenvalue weighted by molar-refractivity contribution is -0.188. The second-order valence-electron chi connectivity index (χ2n) is 2.50. The molecule has 0 aromatic rings. The molecule has 3 nitrogen and oxygen atoms in total. The van der Waals surface area contributed by atoms with Crippen LogP contribution >= 0.6 is 11.6 Å². The Balaban J connectivity index is 4.86. The minimum atomic E-state index is -4.82. The Bertz CT molecular complexity index is 266. The summed E-state index contributed by atoms with van der Waals surface area (Å²) in [5, 5.41) is 5.60. The summed E-state index contributed by atoms with van der Waals surface area (Å²) in [5.41, 5.74) is 0. The highest BCUT2D eigenvalue weighted by atomic mass is 35.5. The maximum atomic E-state index is 12.2. The molecule has 0 heterocycles. The smallest absolute Gasteiger partial charge is 0.450 e. The lowest BCUT2D eigenvalue weighted by Crippen LogP contribution is -2.41. The molecule has 0 bridgehead atoms. The number of carboxylic acid groups (broad SMARTS) is 1. The zero-order valence-corrected chi connectivity index (χ0v) is 7.69. The Morgan fingerprint density at radius 2 is 2.07 bits per heavy atom. The zero-order valence-electron chi connectivity index (χ0n) is 6.93. The van der Waals surface area contributed by atoms with Crippen LogP contribution in [0.15, 0.2) is 0 Å². The first-order valence-electron chi connectivity index (χ1n) is 3.25. The highest BCUT2D eigenvalue weighted by Crippen LogP contribution is 2.38. The van der Waals surface area contributed by atoms with Crippen molar-refractivity contribution in [2.45, 2.75) is 18.2 Å². The number of rotatable bonds is 2. The summed E-state index contributed by atoms with van der Waals surface area (Å²) in [5.74, 6) is -1.15. The fourth-order valence-electron chi connectivity index (χ4n) is 0.765. The van der Waals surface area contributed by atoms with Gasteiger partial charge >= 0.3 is 12.3 Å².